The highest BCUT2D eigenvalue weighted by Gasteiger charge is 2.47. The number of hydrogen-bond donors (Lipinski definition) is 1. The Morgan fingerprint density at radius 3 is 2.59 bits per heavy atom. The van der Waals surface area contributed by atoms with Crippen LogP contribution in [0, 0.1) is 23.7 Å². The summed E-state index contributed by atoms with van der Waals surface area (Å²) in [6, 6.07) is 0. The van der Waals surface area contributed by atoms with Crippen LogP contribution in [-0.2, 0) is 4.79 Å². The van der Waals surface area contributed by atoms with Crippen LogP contribution in [0.1, 0.15) is 44.9 Å². The summed E-state index contributed by atoms with van der Waals surface area (Å²) in [4.78, 5) is 12.0. The second kappa shape index (κ2) is 4.79. The number of halogens is 1. The third-order valence-corrected chi connectivity index (χ3v) is 5.29. The minimum atomic E-state index is 0.314. The van der Waals surface area contributed by atoms with Gasteiger partial charge in [-0.1, -0.05) is 6.42 Å². The molecule has 0 spiro atoms. The molecule has 0 bridgehead atoms. The molecule has 3 saturated carbocycles. The van der Waals surface area contributed by atoms with E-state index in [4.69, 9.17) is 11.6 Å². The molecular formula is C14H22ClNO. The van der Waals surface area contributed by atoms with Crippen molar-refractivity contribution in [1.29, 1.82) is 0 Å². The molecule has 0 radical (unpaired) electrons. The van der Waals surface area contributed by atoms with Crippen LogP contribution in [-0.4, -0.2) is 17.8 Å². The summed E-state index contributed by atoms with van der Waals surface area (Å²) < 4.78 is 0. The number of hydrogen-bond acceptors (Lipinski definition) is 1. The SMILES string of the molecule is O=C(NCC1CCCC(Cl)C1)C1CC2CC2C1. The van der Waals surface area contributed by atoms with Gasteiger partial charge >= 0.3 is 0 Å². The van der Waals surface area contributed by atoms with E-state index in [0.717, 1.165) is 44.1 Å². The molecule has 0 aliphatic heterocycles. The van der Waals surface area contributed by atoms with Gasteiger partial charge in [-0.2, -0.15) is 0 Å². The van der Waals surface area contributed by atoms with Crippen LogP contribution in [0.3, 0.4) is 0 Å². The highest BCUT2D eigenvalue weighted by atomic mass is 35.5. The molecule has 0 aromatic carbocycles. The van der Waals surface area contributed by atoms with Gasteiger partial charge in [0.2, 0.25) is 5.91 Å². The molecule has 17 heavy (non-hydrogen) atoms. The van der Waals surface area contributed by atoms with Crippen LogP contribution < -0.4 is 5.32 Å². The number of alkyl halides is 1. The van der Waals surface area contributed by atoms with E-state index in [2.05, 4.69) is 5.32 Å². The van der Waals surface area contributed by atoms with Crippen molar-refractivity contribution in [1.82, 2.24) is 5.32 Å². The monoisotopic (exact) mass is 255 g/mol. The molecule has 1 amide bonds. The molecule has 3 aliphatic carbocycles. The molecule has 3 rings (SSSR count). The quantitative estimate of drug-likeness (QED) is 0.772. The summed E-state index contributed by atoms with van der Waals surface area (Å²) >= 11 is 6.17. The van der Waals surface area contributed by atoms with Crippen LogP contribution in [0.25, 0.3) is 0 Å². The van der Waals surface area contributed by atoms with Gasteiger partial charge in [0.15, 0.2) is 0 Å². The van der Waals surface area contributed by atoms with Crippen LogP contribution >= 0.6 is 11.6 Å². The zero-order valence-electron chi connectivity index (χ0n) is 10.3. The Balaban J connectivity index is 1.39. The van der Waals surface area contributed by atoms with Gasteiger partial charge in [0, 0.05) is 17.8 Å². The number of nitrogens with one attached hydrogen (secondary N) is 1. The average molecular weight is 256 g/mol. The summed E-state index contributed by atoms with van der Waals surface area (Å²) in [5, 5.41) is 3.50. The lowest BCUT2D eigenvalue weighted by atomic mass is 9.88. The minimum absolute atomic E-state index is 0.314. The first-order valence-electron chi connectivity index (χ1n) is 7.14. The van der Waals surface area contributed by atoms with Crippen molar-refractivity contribution in [3.05, 3.63) is 0 Å². The van der Waals surface area contributed by atoms with Crippen LogP contribution in [0.4, 0.5) is 0 Å². The van der Waals surface area contributed by atoms with Crippen molar-refractivity contribution in [2.45, 2.75) is 50.3 Å². The normalized spacial score (nSPS) is 44.2. The van der Waals surface area contributed by atoms with E-state index >= 15 is 0 Å². The van der Waals surface area contributed by atoms with Gasteiger partial charge in [0.25, 0.3) is 0 Å². The van der Waals surface area contributed by atoms with E-state index in [1.54, 1.807) is 0 Å². The third kappa shape index (κ3) is 2.78. The van der Waals surface area contributed by atoms with Crippen molar-refractivity contribution in [3.8, 4) is 0 Å². The Bertz CT molecular complexity index is 297. The Hall–Kier alpha value is -0.240. The Labute approximate surface area is 108 Å². The van der Waals surface area contributed by atoms with Crippen LogP contribution in [0.2, 0.25) is 0 Å². The molecule has 4 atom stereocenters. The molecule has 3 aliphatic rings. The predicted molar refractivity (Wildman–Crippen MR) is 68.9 cm³/mol. The van der Waals surface area contributed by atoms with Crippen LogP contribution in [0.15, 0.2) is 0 Å². The molecule has 1 N–H and O–H groups in total. The predicted octanol–water partition coefficient (Wildman–Crippen LogP) is 2.95. The minimum Gasteiger partial charge on any atom is -0.356 e. The van der Waals surface area contributed by atoms with Crippen LogP contribution in [0.5, 0.6) is 0 Å². The average Bonchev–Trinajstić information content (AvgIpc) is 2.93. The standard InChI is InChI=1S/C14H22ClNO/c15-13-3-1-2-9(4-13)8-16-14(17)12-6-10-5-11(10)7-12/h9-13H,1-8H2,(H,16,17). The first-order chi connectivity index (χ1) is 8.22. The largest absolute Gasteiger partial charge is 0.356 e. The first-order valence-corrected chi connectivity index (χ1v) is 7.58. The Kier molecular flexibility index (Phi) is 3.34. The van der Waals surface area contributed by atoms with Gasteiger partial charge in [-0.15, -0.1) is 11.6 Å². The summed E-state index contributed by atoms with van der Waals surface area (Å²) in [6.45, 7) is 0.855. The lowest BCUT2D eigenvalue weighted by molar-refractivity contribution is -0.125. The molecule has 0 heterocycles. The maximum absolute atomic E-state index is 12.0. The molecule has 3 heteroatoms. The highest BCUT2D eigenvalue weighted by molar-refractivity contribution is 6.20. The fraction of sp³-hybridized carbons (Fsp3) is 0.929. The first kappa shape index (κ1) is 11.8. The zero-order valence-corrected chi connectivity index (χ0v) is 11.1. The van der Waals surface area contributed by atoms with Crippen molar-refractivity contribution < 1.29 is 4.79 Å². The number of carbonyl (C=O) groups is 1. The topological polar surface area (TPSA) is 29.1 Å². The smallest absolute Gasteiger partial charge is 0.223 e. The summed E-state index contributed by atoms with van der Waals surface area (Å²) in [5.74, 6) is 3.05. The zero-order chi connectivity index (χ0) is 11.8. The van der Waals surface area contributed by atoms with Gasteiger partial charge in [-0.05, 0) is 56.3 Å². The fourth-order valence-corrected chi connectivity index (χ4v) is 4.14. The van der Waals surface area contributed by atoms with E-state index in [-0.39, 0.29) is 0 Å². The lowest BCUT2D eigenvalue weighted by Crippen LogP contribution is -2.35. The molecule has 4 unspecified atom stereocenters. The van der Waals surface area contributed by atoms with Gasteiger partial charge in [-0.25, -0.2) is 0 Å². The fourth-order valence-electron chi connectivity index (χ4n) is 3.73. The summed E-state index contributed by atoms with van der Waals surface area (Å²) in [5.41, 5.74) is 0. The second-order valence-electron chi connectivity index (χ2n) is 6.30. The van der Waals surface area contributed by atoms with Gasteiger partial charge in [-0.3, -0.25) is 4.79 Å². The molecule has 2 nitrogen and oxygen atoms in total. The molecule has 3 fully saturated rings. The van der Waals surface area contributed by atoms with E-state index in [1.165, 1.54) is 19.3 Å². The molecule has 96 valence electrons. The Morgan fingerprint density at radius 2 is 1.88 bits per heavy atom. The highest BCUT2D eigenvalue weighted by Crippen LogP contribution is 2.54. The number of carbonyl (C=O) groups excluding carboxylic acids is 1. The third-order valence-electron chi connectivity index (χ3n) is 4.90. The second-order valence-corrected chi connectivity index (χ2v) is 6.92. The van der Waals surface area contributed by atoms with Crippen molar-refractivity contribution >= 4 is 17.5 Å². The van der Waals surface area contributed by atoms with Crippen molar-refractivity contribution in [3.63, 3.8) is 0 Å². The van der Waals surface area contributed by atoms with Crippen molar-refractivity contribution in [2.75, 3.05) is 6.54 Å². The summed E-state index contributed by atoms with van der Waals surface area (Å²) in [6.07, 6.45) is 8.39. The molecule has 0 aromatic heterocycles. The number of amides is 1. The maximum Gasteiger partial charge on any atom is 0.223 e. The maximum atomic E-state index is 12.0. The molecular weight excluding hydrogens is 234 g/mol. The van der Waals surface area contributed by atoms with Crippen molar-refractivity contribution in [2.24, 2.45) is 23.7 Å². The molecule has 0 aromatic rings. The van der Waals surface area contributed by atoms with Gasteiger partial charge in [0.1, 0.15) is 0 Å². The number of fused-ring (bicyclic) bond motifs is 1. The number of rotatable bonds is 3. The van der Waals surface area contributed by atoms with E-state index < -0.39 is 0 Å². The van der Waals surface area contributed by atoms with E-state index in [9.17, 15) is 4.79 Å². The summed E-state index contributed by atoms with van der Waals surface area (Å²) in [7, 11) is 0. The van der Waals surface area contributed by atoms with E-state index in [0.29, 0.717) is 23.1 Å². The molecule has 0 saturated heterocycles. The van der Waals surface area contributed by atoms with Gasteiger partial charge in [0.05, 0.1) is 0 Å². The Morgan fingerprint density at radius 1 is 1.12 bits per heavy atom. The lowest BCUT2D eigenvalue weighted by Gasteiger charge is -2.26. The van der Waals surface area contributed by atoms with E-state index in [1.807, 2.05) is 0 Å². The van der Waals surface area contributed by atoms with Gasteiger partial charge < -0.3 is 5.32 Å².